The van der Waals surface area contributed by atoms with Crippen molar-refractivity contribution in [1.82, 2.24) is 0 Å². The van der Waals surface area contributed by atoms with Crippen LogP contribution in [0.15, 0.2) is 11.0 Å². The summed E-state index contributed by atoms with van der Waals surface area (Å²) in [6.45, 7) is 10.8. The largest absolute Gasteiger partial charge is 0.295 e. The van der Waals surface area contributed by atoms with Crippen molar-refractivity contribution in [1.29, 1.82) is 0 Å². The van der Waals surface area contributed by atoms with Gasteiger partial charge >= 0.3 is 0 Å². The van der Waals surface area contributed by atoms with Gasteiger partial charge in [0.15, 0.2) is 0 Å². The molecule has 1 aromatic carbocycles. The van der Waals surface area contributed by atoms with Crippen LogP contribution in [0.1, 0.15) is 76.0 Å². The third-order valence-corrected chi connectivity index (χ3v) is 4.36. The summed E-state index contributed by atoms with van der Waals surface area (Å²) in [5.74, 6) is -1.03. The lowest BCUT2D eigenvalue weighted by molar-refractivity contribution is 0.474. The third kappa shape index (κ3) is 3.20. The fourth-order valence-corrected chi connectivity index (χ4v) is 3.56. The standard InChI is InChI=1S/C15H23FO3S/c1-8(2)11-7-12(9(3)4)15(20(17,18)19)13(10(5)6)14(11)16/h7-10H,1-6H3,(H,17,18,19). The van der Waals surface area contributed by atoms with Gasteiger partial charge in [-0.2, -0.15) is 8.42 Å². The smallest absolute Gasteiger partial charge is 0.282 e. The maximum atomic E-state index is 14.6. The van der Waals surface area contributed by atoms with Crippen LogP contribution >= 0.6 is 0 Å². The fourth-order valence-electron chi connectivity index (χ4n) is 2.36. The molecule has 20 heavy (non-hydrogen) atoms. The van der Waals surface area contributed by atoms with Gasteiger partial charge in [0.1, 0.15) is 10.7 Å². The Kier molecular flexibility index (Phi) is 4.98. The van der Waals surface area contributed by atoms with E-state index in [1.807, 2.05) is 27.7 Å². The SMILES string of the molecule is CC(C)c1cc(C(C)C)c(S(=O)(=O)O)c(C(C)C)c1F. The van der Waals surface area contributed by atoms with Crippen LogP contribution in [0.2, 0.25) is 0 Å². The quantitative estimate of drug-likeness (QED) is 0.836. The molecule has 0 amide bonds. The molecule has 1 aromatic rings. The van der Waals surface area contributed by atoms with Gasteiger partial charge in [0.25, 0.3) is 10.1 Å². The zero-order valence-electron chi connectivity index (χ0n) is 12.9. The van der Waals surface area contributed by atoms with Gasteiger partial charge in [0, 0.05) is 5.56 Å². The van der Waals surface area contributed by atoms with E-state index in [2.05, 4.69) is 0 Å². The Morgan fingerprint density at radius 3 is 1.70 bits per heavy atom. The molecule has 0 radical (unpaired) electrons. The summed E-state index contributed by atoms with van der Waals surface area (Å²) in [7, 11) is -4.46. The molecule has 0 spiro atoms. The summed E-state index contributed by atoms with van der Waals surface area (Å²) in [6.07, 6.45) is 0. The van der Waals surface area contributed by atoms with Crippen molar-refractivity contribution in [3.05, 3.63) is 28.6 Å². The minimum atomic E-state index is -4.46. The molecule has 0 aliphatic carbocycles. The summed E-state index contributed by atoms with van der Waals surface area (Å²) in [5, 5.41) is 0. The van der Waals surface area contributed by atoms with E-state index in [1.54, 1.807) is 19.9 Å². The molecule has 3 nitrogen and oxygen atoms in total. The van der Waals surface area contributed by atoms with E-state index < -0.39 is 15.9 Å². The number of halogens is 1. The molecule has 114 valence electrons. The highest BCUT2D eigenvalue weighted by atomic mass is 32.2. The predicted octanol–water partition coefficient (Wildman–Crippen LogP) is 4.44. The van der Waals surface area contributed by atoms with Crippen molar-refractivity contribution in [3.63, 3.8) is 0 Å². The number of rotatable bonds is 4. The van der Waals surface area contributed by atoms with Crippen molar-refractivity contribution in [2.24, 2.45) is 0 Å². The number of hydrogen-bond acceptors (Lipinski definition) is 2. The minimum Gasteiger partial charge on any atom is -0.282 e. The molecule has 0 aromatic heterocycles. The van der Waals surface area contributed by atoms with Crippen LogP contribution in [-0.4, -0.2) is 13.0 Å². The average Bonchev–Trinajstić information content (AvgIpc) is 2.25. The molecular weight excluding hydrogens is 279 g/mol. The van der Waals surface area contributed by atoms with Crippen LogP contribution in [-0.2, 0) is 10.1 Å². The molecule has 1 N–H and O–H groups in total. The summed E-state index contributed by atoms with van der Waals surface area (Å²) >= 11 is 0. The van der Waals surface area contributed by atoms with E-state index in [0.29, 0.717) is 11.1 Å². The molecule has 0 unspecified atom stereocenters. The lowest BCUT2D eigenvalue weighted by Gasteiger charge is -2.22. The van der Waals surface area contributed by atoms with Crippen LogP contribution in [0.3, 0.4) is 0 Å². The molecule has 0 atom stereocenters. The summed E-state index contributed by atoms with van der Waals surface area (Å²) in [5.41, 5.74) is 1.05. The monoisotopic (exact) mass is 302 g/mol. The first-order valence-electron chi connectivity index (χ1n) is 6.82. The number of hydrogen-bond donors (Lipinski definition) is 1. The van der Waals surface area contributed by atoms with E-state index in [4.69, 9.17) is 0 Å². The van der Waals surface area contributed by atoms with Gasteiger partial charge in [-0.25, -0.2) is 4.39 Å². The minimum absolute atomic E-state index is 0.0551. The van der Waals surface area contributed by atoms with Gasteiger partial charge in [0.05, 0.1) is 0 Å². The first-order chi connectivity index (χ1) is 8.98. The topological polar surface area (TPSA) is 54.4 Å². The van der Waals surface area contributed by atoms with Gasteiger partial charge in [-0.05, 0) is 28.9 Å². The van der Waals surface area contributed by atoms with E-state index in [0.717, 1.165) is 0 Å². The van der Waals surface area contributed by atoms with Gasteiger partial charge in [0.2, 0.25) is 0 Å². The van der Waals surface area contributed by atoms with Crippen LogP contribution in [0.25, 0.3) is 0 Å². The van der Waals surface area contributed by atoms with Crippen LogP contribution < -0.4 is 0 Å². The second-order valence-electron chi connectivity index (χ2n) is 6.05. The molecule has 1 rings (SSSR count). The normalized spacial score (nSPS) is 12.8. The Morgan fingerprint density at radius 2 is 1.40 bits per heavy atom. The zero-order valence-corrected chi connectivity index (χ0v) is 13.7. The molecule has 0 aliphatic rings. The Hall–Kier alpha value is -0.940. The van der Waals surface area contributed by atoms with Crippen molar-refractivity contribution in [2.75, 3.05) is 0 Å². The highest BCUT2D eigenvalue weighted by Crippen LogP contribution is 2.37. The number of benzene rings is 1. The van der Waals surface area contributed by atoms with Crippen molar-refractivity contribution < 1.29 is 17.4 Å². The average molecular weight is 302 g/mol. The first-order valence-corrected chi connectivity index (χ1v) is 8.26. The molecule has 0 saturated heterocycles. The molecule has 0 bridgehead atoms. The molecular formula is C15H23FO3S. The molecule has 0 heterocycles. The summed E-state index contributed by atoms with van der Waals surface area (Å²) < 4.78 is 47.6. The maximum absolute atomic E-state index is 14.6. The first kappa shape index (κ1) is 17.1. The zero-order chi connectivity index (χ0) is 15.8. The van der Waals surface area contributed by atoms with Crippen molar-refractivity contribution >= 4 is 10.1 Å². The molecule has 5 heteroatoms. The van der Waals surface area contributed by atoms with Crippen LogP contribution in [0, 0.1) is 5.82 Å². The van der Waals surface area contributed by atoms with Gasteiger partial charge in [-0.1, -0.05) is 47.6 Å². The lowest BCUT2D eigenvalue weighted by atomic mass is 9.88. The second kappa shape index (κ2) is 5.82. The maximum Gasteiger partial charge on any atom is 0.295 e. The molecule has 0 saturated carbocycles. The lowest BCUT2D eigenvalue weighted by Crippen LogP contribution is -2.14. The Balaban J connectivity index is 3.94. The van der Waals surface area contributed by atoms with E-state index in [1.165, 1.54) is 0 Å². The molecule has 0 fully saturated rings. The fraction of sp³-hybridized carbons (Fsp3) is 0.600. The Morgan fingerprint density at radius 1 is 0.950 bits per heavy atom. The van der Waals surface area contributed by atoms with Crippen molar-refractivity contribution in [2.45, 2.75) is 64.2 Å². The van der Waals surface area contributed by atoms with E-state index >= 15 is 0 Å². The highest BCUT2D eigenvalue weighted by molar-refractivity contribution is 7.86. The second-order valence-corrected chi connectivity index (χ2v) is 7.41. The van der Waals surface area contributed by atoms with Crippen LogP contribution in [0.4, 0.5) is 4.39 Å². The molecule has 0 aliphatic heterocycles. The van der Waals surface area contributed by atoms with Gasteiger partial charge in [-0.15, -0.1) is 0 Å². The van der Waals surface area contributed by atoms with Gasteiger partial charge < -0.3 is 0 Å². The summed E-state index contributed by atoms with van der Waals surface area (Å²) in [4.78, 5) is -0.260. The van der Waals surface area contributed by atoms with Crippen molar-refractivity contribution in [3.8, 4) is 0 Å². The Bertz CT molecular complexity index is 602. The summed E-state index contributed by atoms with van der Waals surface area (Å²) in [6, 6.07) is 1.57. The van der Waals surface area contributed by atoms with E-state index in [-0.39, 0.29) is 28.2 Å². The predicted molar refractivity (Wildman–Crippen MR) is 78.5 cm³/mol. The van der Waals surface area contributed by atoms with E-state index in [9.17, 15) is 17.4 Å². The van der Waals surface area contributed by atoms with Crippen LogP contribution in [0.5, 0.6) is 0 Å². The third-order valence-electron chi connectivity index (χ3n) is 3.39. The Labute approximate surface area is 121 Å². The highest BCUT2D eigenvalue weighted by Gasteiger charge is 2.29. The van der Waals surface area contributed by atoms with Gasteiger partial charge in [-0.3, -0.25) is 4.55 Å².